The van der Waals surface area contributed by atoms with Crippen molar-refractivity contribution in [3.8, 4) is 10.4 Å². The van der Waals surface area contributed by atoms with Crippen molar-refractivity contribution >= 4 is 40.5 Å². The van der Waals surface area contributed by atoms with Gasteiger partial charge in [0.05, 0.1) is 12.8 Å². The summed E-state index contributed by atoms with van der Waals surface area (Å²) in [4.78, 5) is 42.2. The Balaban J connectivity index is 1.43. The van der Waals surface area contributed by atoms with Crippen LogP contribution in [0.4, 0.5) is 11.4 Å². The second-order valence-corrected chi connectivity index (χ2v) is 11.1. The number of rotatable bonds is 7. The Morgan fingerprint density at radius 3 is 2.38 bits per heavy atom. The number of methoxy groups -OCH3 is 1. The molecule has 8 nitrogen and oxygen atoms in total. The van der Waals surface area contributed by atoms with E-state index in [4.69, 9.17) is 4.74 Å². The van der Waals surface area contributed by atoms with Gasteiger partial charge in [0, 0.05) is 28.7 Å². The van der Waals surface area contributed by atoms with Gasteiger partial charge in [0.15, 0.2) is 0 Å². The van der Waals surface area contributed by atoms with Crippen LogP contribution in [0.15, 0.2) is 42.6 Å². The number of nitrogens with zero attached hydrogens (tertiary/aromatic N) is 2. The van der Waals surface area contributed by atoms with Crippen LogP contribution in [0.3, 0.4) is 0 Å². The molecule has 9 heteroatoms. The Labute approximate surface area is 220 Å². The molecule has 2 aromatic heterocycles. The van der Waals surface area contributed by atoms with Crippen LogP contribution in [0.25, 0.3) is 10.4 Å². The van der Waals surface area contributed by atoms with Gasteiger partial charge in [0.2, 0.25) is 5.91 Å². The number of anilines is 2. The van der Waals surface area contributed by atoms with Gasteiger partial charge in [-0.25, -0.2) is 4.79 Å². The Kier molecular flexibility index (Phi) is 7.41. The lowest BCUT2D eigenvalue weighted by Gasteiger charge is -2.40. The van der Waals surface area contributed by atoms with Crippen LogP contribution < -0.4 is 10.2 Å². The van der Waals surface area contributed by atoms with Crippen LogP contribution in [0, 0.1) is 11.8 Å². The topological polar surface area (TPSA) is 104 Å². The maximum atomic E-state index is 13.8. The Morgan fingerprint density at radius 1 is 1.05 bits per heavy atom. The average molecular weight is 521 g/mol. The molecular formula is C28H32N4O4S. The predicted molar refractivity (Wildman–Crippen MR) is 144 cm³/mol. The van der Waals surface area contributed by atoms with E-state index in [0.717, 1.165) is 55.4 Å². The number of thiophene rings is 1. The number of nitrogens with one attached hydrogen (secondary N) is 2. The normalized spacial score (nSPS) is 19.6. The maximum Gasteiger partial charge on any atom is 0.350 e. The van der Waals surface area contributed by atoms with Gasteiger partial charge in [-0.2, -0.15) is 5.10 Å². The number of benzene rings is 1. The number of hydrogen-bond donors (Lipinski definition) is 2. The van der Waals surface area contributed by atoms with Crippen LogP contribution in [-0.2, 0) is 9.53 Å². The van der Waals surface area contributed by atoms with E-state index in [1.54, 1.807) is 6.07 Å². The third kappa shape index (κ3) is 5.32. The molecule has 3 aromatic rings. The summed E-state index contributed by atoms with van der Waals surface area (Å²) >= 11 is 1.34. The Bertz CT molecular complexity index is 1260. The molecule has 0 bridgehead atoms. The van der Waals surface area contributed by atoms with Gasteiger partial charge in [-0.05, 0) is 80.7 Å². The third-order valence-electron chi connectivity index (χ3n) is 7.56. The SMILES string of the molecule is COC(=O)c1sc(-c2ccc(NC(=O)c3ccn[nH]3)cc2)cc1N(C(=O)C1CCC(C)CC1)C1CCC1. The number of esters is 1. The molecule has 37 heavy (non-hydrogen) atoms. The highest BCUT2D eigenvalue weighted by Crippen LogP contribution is 2.42. The van der Waals surface area contributed by atoms with Crippen LogP contribution in [-0.4, -0.2) is 41.1 Å². The summed E-state index contributed by atoms with van der Waals surface area (Å²) in [5, 5.41) is 9.29. The van der Waals surface area contributed by atoms with E-state index in [9.17, 15) is 14.4 Å². The second-order valence-electron chi connectivity index (χ2n) is 10.1. The van der Waals surface area contributed by atoms with E-state index in [2.05, 4.69) is 22.4 Å². The summed E-state index contributed by atoms with van der Waals surface area (Å²) in [6.07, 6.45) is 8.45. The molecule has 5 rings (SSSR count). The third-order valence-corrected chi connectivity index (χ3v) is 8.71. The molecule has 194 valence electrons. The molecule has 2 heterocycles. The molecule has 2 fully saturated rings. The van der Waals surface area contributed by atoms with E-state index in [-0.39, 0.29) is 23.8 Å². The van der Waals surface area contributed by atoms with Gasteiger partial charge in [-0.15, -0.1) is 11.3 Å². The van der Waals surface area contributed by atoms with E-state index < -0.39 is 5.97 Å². The molecule has 0 saturated heterocycles. The lowest BCUT2D eigenvalue weighted by atomic mass is 9.81. The molecule has 0 radical (unpaired) electrons. The van der Waals surface area contributed by atoms with Gasteiger partial charge in [-0.1, -0.05) is 19.1 Å². The van der Waals surface area contributed by atoms with E-state index >= 15 is 0 Å². The lowest BCUT2D eigenvalue weighted by Crippen LogP contribution is -2.48. The van der Waals surface area contributed by atoms with Crippen LogP contribution >= 0.6 is 11.3 Å². The first kappa shape index (κ1) is 25.2. The van der Waals surface area contributed by atoms with Gasteiger partial charge in [0.1, 0.15) is 10.6 Å². The summed E-state index contributed by atoms with van der Waals surface area (Å²) in [6, 6.07) is 11.1. The quantitative estimate of drug-likeness (QED) is 0.378. The fraction of sp³-hybridized carbons (Fsp3) is 0.429. The zero-order valence-electron chi connectivity index (χ0n) is 21.2. The monoisotopic (exact) mass is 520 g/mol. The fourth-order valence-electron chi connectivity index (χ4n) is 5.08. The molecule has 0 unspecified atom stereocenters. The number of carbonyl (C=O) groups is 3. The van der Waals surface area contributed by atoms with E-state index in [1.807, 2.05) is 35.2 Å². The summed E-state index contributed by atoms with van der Waals surface area (Å²) in [7, 11) is 1.38. The van der Waals surface area contributed by atoms with E-state index in [1.165, 1.54) is 24.6 Å². The first-order valence-corrected chi connectivity index (χ1v) is 13.7. The molecule has 2 aliphatic carbocycles. The number of H-pyrrole nitrogens is 1. The zero-order chi connectivity index (χ0) is 25.9. The largest absolute Gasteiger partial charge is 0.465 e. The van der Waals surface area contributed by atoms with Crippen LogP contribution in [0.1, 0.15) is 72.0 Å². The van der Waals surface area contributed by atoms with Crippen molar-refractivity contribution in [2.45, 2.75) is 57.9 Å². The summed E-state index contributed by atoms with van der Waals surface area (Å²) in [5.41, 5.74) is 2.58. The Hall–Kier alpha value is -3.46. The minimum atomic E-state index is -0.427. The van der Waals surface area contributed by atoms with Crippen molar-refractivity contribution in [1.29, 1.82) is 0 Å². The van der Waals surface area contributed by atoms with E-state index in [0.29, 0.717) is 27.9 Å². The minimum Gasteiger partial charge on any atom is -0.465 e. The van der Waals surface area contributed by atoms with Crippen molar-refractivity contribution in [3.63, 3.8) is 0 Å². The van der Waals surface area contributed by atoms with Crippen LogP contribution in [0.5, 0.6) is 0 Å². The number of ether oxygens (including phenoxy) is 1. The lowest BCUT2D eigenvalue weighted by molar-refractivity contribution is -0.124. The van der Waals surface area contributed by atoms with Gasteiger partial charge >= 0.3 is 5.97 Å². The van der Waals surface area contributed by atoms with Crippen molar-refractivity contribution in [2.24, 2.45) is 11.8 Å². The fourth-order valence-corrected chi connectivity index (χ4v) is 6.16. The molecule has 0 aliphatic heterocycles. The first-order valence-electron chi connectivity index (χ1n) is 12.9. The Morgan fingerprint density at radius 2 is 1.78 bits per heavy atom. The molecule has 0 atom stereocenters. The van der Waals surface area contributed by atoms with Crippen molar-refractivity contribution in [2.75, 3.05) is 17.3 Å². The van der Waals surface area contributed by atoms with Crippen molar-refractivity contribution in [1.82, 2.24) is 10.2 Å². The number of carbonyl (C=O) groups excluding carboxylic acids is 3. The van der Waals surface area contributed by atoms with Gasteiger partial charge in [0.25, 0.3) is 5.91 Å². The maximum absolute atomic E-state index is 13.8. The molecule has 2 saturated carbocycles. The number of aromatic amines is 1. The summed E-state index contributed by atoms with van der Waals surface area (Å²) < 4.78 is 5.12. The second kappa shape index (κ2) is 10.9. The highest BCUT2D eigenvalue weighted by molar-refractivity contribution is 7.18. The molecule has 2 N–H and O–H groups in total. The van der Waals surface area contributed by atoms with Gasteiger partial charge in [-0.3, -0.25) is 14.7 Å². The molecule has 0 spiro atoms. The standard InChI is InChI=1S/C28H32N4O4S/c1-17-6-8-19(9-7-17)27(34)32(21-4-3-5-21)23-16-24(37-25(23)28(35)36-2)18-10-12-20(13-11-18)30-26(33)22-14-15-29-31-22/h10-17,19,21H,3-9H2,1-2H3,(H,29,31)(H,30,33). The number of hydrogen-bond acceptors (Lipinski definition) is 6. The molecule has 2 aliphatic rings. The van der Waals surface area contributed by atoms with Gasteiger partial charge < -0.3 is 15.0 Å². The highest BCUT2D eigenvalue weighted by atomic mass is 32.1. The molecular weight excluding hydrogens is 488 g/mol. The smallest absolute Gasteiger partial charge is 0.350 e. The molecule has 2 amide bonds. The number of aromatic nitrogens is 2. The summed E-state index contributed by atoms with van der Waals surface area (Å²) in [5.74, 6) is 0.102. The van der Waals surface area contributed by atoms with Crippen LogP contribution in [0.2, 0.25) is 0 Å². The van der Waals surface area contributed by atoms with Crippen molar-refractivity contribution in [3.05, 3.63) is 53.2 Å². The highest BCUT2D eigenvalue weighted by Gasteiger charge is 2.38. The van der Waals surface area contributed by atoms with Crippen molar-refractivity contribution < 1.29 is 19.1 Å². The predicted octanol–water partition coefficient (Wildman–Crippen LogP) is 5.89. The zero-order valence-corrected chi connectivity index (χ0v) is 22.0. The molecule has 1 aromatic carbocycles. The first-order chi connectivity index (χ1) is 17.9. The average Bonchev–Trinajstić information content (AvgIpc) is 3.57. The summed E-state index contributed by atoms with van der Waals surface area (Å²) in [6.45, 7) is 2.25. The minimum absolute atomic E-state index is 0.00316. The number of amides is 2.